The summed E-state index contributed by atoms with van der Waals surface area (Å²) in [6.45, 7) is 6.21. The highest BCUT2D eigenvalue weighted by atomic mass is 16.3. The number of carbonyl (C=O) groups is 1. The molecule has 0 aliphatic carbocycles. The van der Waals surface area contributed by atoms with E-state index in [9.17, 15) is 9.90 Å². The molecule has 0 saturated carbocycles. The van der Waals surface area contributed by atoms with E-state index in [4.69, 9.17) is 0 Å². The molecule has 1 aromatic carbocycles. The molecule has 0 fully saturated rings. The molecule has 0 bridgehead atoms. The van der Waals surface area contributed by atoms with Crippen molar-refractivity contribution in [1.82, 2.24) is 20.5 Å². The van der Waals surface area contributed by atoms with E-state index in [0.29, 0.717) is 23.7 Å². The molecule has 1 aromatic heterocycles. The third kappa shape index (κ3) is 5.17. The summed E-state index contributed by atoms with van der Waals surface area (Å²) < 4.78 is 0. The molecule has 0 spiro atoms. The minimum Gasteiger partial charge on any atom is -0.388 e. The fraction of sp³-hybridized carbons (Fsp3) is 0.471. The number of aromatic amines is 1. The number of amides is 1. The van der Waals surface area contributed by atoms with Gasteiger partial charge in [-0.3, -0.25) is 9.89 Å². The van der Waals surface area contributed by atoms with Crippen molar-refractivity contribution in [2.45, 2.75) is 39.2 Å². The highest BCUT2D eigenvalue weighted by Crippen LogP contribution is 2.17. The normalized spacial score (nSPS) is 13.8. The summed E-state index contributed by atoms with van der Waals surface area (Å²) in [6.07, 6.45) is 3.00. The van der Waals surface area contributed by atoms with Gasteiger partial charge < -0.3 is 10.4 Å². The van der Waals surface area contributed by atoms with Gasteiger partial charge in [0.2, 0.25) is 0 Å². The molecular formula is C17H24N4O2. The van der Waals surface area contributed by atoms with Crippen molar-refractivity contribution in [1.29, 1.82) is 0 Å². The summed E-state index contributed by atoms with van der Waals surface area (Å²) >= 11 is 0. The van der Waals surface area contributed by atoms with Gasteiger partial charge in [-0.1, -0.05) is 26.0 Å². The number of nitrogens with one attached hydrogen (secondary N) is 2. The van der Waals surface area contributed by atoms with Crippen LogP contribution in [0.5, 0.6) is 0 Å². The second-order valence-electron chi connectivity index (χ2n) is 6.53. The van der Waals surface area contributed by atoms with Gasteiger partial charge in [-0.05, 0) is 37.8 Å². The Morgan fingerprint density at radius 1 is 1.43 bits per heavy atom. The minimum atomic E-state index is -0.900. The zero-order chi connectivity index (χ0) is 16.9. The SMILES string of the molecule is CC(C)CCC(C)(O)CNC(=O)c1cccc(-c2ncn[nH]2)c1. The van der Waals surface area contributed by atoms with Crippen molar-refractivity contribution in [3.63, 3.8) is 0 Å². The van der Waals surface area contributed by atoms with E-state index in [1.54, 1.807) is 25.1 Å². The first-order valence-corrected chi connectivity index (χ1v) is 7.84. The number of hydrogen-bond donors (Lipinski definition) is 3. The number of benzene rings is 1. The van der Waals surface area contributed by atoms with E-state index < -0.39 is 5.60 Å². The van der Waals surface area contributed by atoms with Gasteiger partial charge in [0.15, 0.2) is 5.82 Å². The van der Waals surface area contributed by atoms with E-state index in [0.717, 1.165) is 12.0 Å². The molecule has 1 atom stereocenters. The van der Waals surface area contributed by atoms with Crippen LogP contribution in [0.1, 0.15) is 44.0 Å². The quantitative estimate of drug-likeness (QED) is 0.731. The number of carbonyl (C=O) groups excluding carboxylic acids is 1. The molecule has 0 radical (unpaired) electrons. The van der Waals surface area contributed by atoms with Crippen molar-refractivity contribution >= 4 is 5.91 Å². The molecule has 23 heavy (non-hydrogen) atoms. The Morgan fingerprint density at radius 2 is 2.22 bits per heavy atom. The maximum Gasteiger partial charge on any atom is 0.251 e. The molecule has 2 aromatic rings. The van der Waals surface area contributed by atoms with Crippen LogP contribution in [0.2, 0.25) is 0 Å². The third-order valence-corrected chi connectivity index (χ3v) is 3.70. The van der Waals surface area contributed by atoms with Gasteiger partial charge in [0, 0.05) is 17.7 Å². The average molecular weight is 316 g/mol. The fourth-order valence-electron chi connectivity index (χ4n) is 2.21. The van der Waals surface area contributed by atoms with Crippen molar-refractivity contribution in [3.05, 3.63) is 36.2 Å². The predicted molar refractivity (Wildman–Crippen MR) is 88.8 cm³/mol. The molecule has 0 saturated heterocycles. The average Bonchev–Trinajstić information content (AvgIpc) is 3.05. The Balaban J connectivity index is 1.97. The molecule has 3 N–H and O–H groups in total. The molecule has 2 rings (SSSR count). The Morgan fingerprint density at radius 3 is 2.87 bits per heavy atom. The van der Waals surface area contributed by atoms with Crippen LogP contribution in [0.15, 0.2) is 30.6 Å². The van der Waals surface area contributed by atoms with Gasteiger partial charge in [-0.2, -0.15) is 5.10 Å². The number of aliphatic hydroxyl groups is 1. The van der Waals surface area contributed by atoms with Gasteiger partial charge in [0.25, 0.3) is 5.91 Å². The third-order valence-electron chi connectivity index (χ3n) is 3.70. The largest absolute Gasteiger partial charge is 0.388 e. The molecule has 6 heteroatoms. The van der Waals surface area contributed by atoms with E-state index in [-0.39, 0.29) is 12.5 Å². The smallest absolute Gasteiger partial charge is 0.251 e. The Kier molecular flexibility index (Phi) is 5.50. The molecular weight excluding hydrogens is 292 g/mol. The summed E-state index contributed by atoms with van der Waals surface area (Å²) in [5.41, 5.74) is 0.419. The molecule has 6 nitrogen and oxygen atoms in total. The molecule has 1 amide bonds. The Hall–Kier alpha value is -2.21. The first-order valence-electron chi connectivity index (χ1n) is 7.84. The van der Waals surface area contributed by atoms with Gasteiger partial charge in [0.1, 0.15) is 6.33 Å². The second kappa shape index (κ2) is 7.37. The maximum atomic E-state index is 12.3. The number of aromatic nitrogens is 3. The zero-order valence-corrected chi connectivity index (χ0v) is 13.8. The lowest BCUT2D eigenvalue weighted by atomic mass is 9.95. The van der Waals surface area contributed by atoms with Crippen LogP contribution >= 0.6 is 0 Å². The van der Waals surface area contributed by atoms with Gasteiger partial charge >= 0.3 is 0 Å². The lowest BCUT2D eigenvalue weighted by Gasteiger charge is -2.24. The summed E-state index contributed by atoms with van der Waals surface area (Å²) in [7, 11) is 0. The van der Waals surface area contributed by atoms with Crippen LogP contribution in [0.3, 0.4) is 0 Å². The molecule has 0 aliphatic heterocycles. The first kappa shape index (κ1) is 17.1. The van der Waals surface area contributed by atoms with Gasteiger partial charge in [0.05, 0.1) is 5.60 Å². The number of hydrogen-bond acceptors (Lipinski definition) is 4. The summed E-state index contributed by atoms with van der Waals surface area (Å²) in [5, 5.41) is 19.7. The van der Waals surface area contributed by atoms with E-state index in [2.05, 4.69) is 34.3 Å². The monoisotopic (exact) mass is 316 g/mol. The van der Waals surface area contributed by atoms with E-state index >= 15 is 0 Å². The van der Waals surface area contributed by atoms with Crippen molar-refractivity contribution in [2.24, 2.45) is 5.92 Å². The first-order chi connectivity index (χ1) is 10.9. The van der Waals surface area contributed by atoms with E-state index in [1.807, 2.05) is 6.07 Å². The van der Waals surface area contributed by atoms with Gasteiger partial charge in [-0.15, -0.1) is 0 Å². The molecule has 1 unspecified atom stereocenters. The van der Waals surface area contributed by atoms with Crippen LogP contribution in [-0.4, -0.2) is 38.3 Å². The standard InChI is InChI=1S/C17H24N4O2/c1-12(2)7-8-17(3,23)10-18-16(22)14-6-4-5-13(9-14)15-19-11-20-21-15/h4-6,9,11-12,23H,7-8,10H2,1-3H3,(H,18,22)(H,19,20,21). The van der Waals surface area contributed by atoms with Crippen LogP contribution < -0.4 is 5.32 Å². The predicted octanol–water partition coefficient (Wildman–Crippen LogP) is 2.39. The van der Waals surface area contributed by atoms with Crippen LogP contribution in [0.25, 0.3) is 11.4 Å². The highest BCUT2D eigenvalue weighted by Gasteiger charge is 2.21. The lowest BCUT2D eigenvalue weighted by Crippen LogP contribution is -2.40. The fourth-order valence-corrected chi connectivity index (χ4v) is 2.21. The summed E-state index contributed by atoms with van der Waals surface area (Å²) in [5.74, 6) is 0.926. The molecule has 1 heterocycles. The van der Waals surface area contributed by atoms with Crippen LogP contribution in [0, 0.1) is 5.92 Å². The maximum absolute atomic E-state index is 12.3. The number of rotatable bonds is 7. The zero-order valence-electron chi connectivity index (χ0n) is 13.8. The van der Waals surface area contributed by atoms with Crippen LogP contribution in [0.4, 0.5) is 0 Å². The second-order valence-corrected chi connectivity index (χ2v) is 6.53. The Labute approximate surface area is 136 Å². The Bertz CT molecular complexity index is 636. The topological polar surface area (TPSA) is 90.9 Å². The van der Waals surface area contributed by atoms with Crippen molar-refractivity contribution in [2.75, 3.05) is 6.54 Å². The van der Waals surface area contributed by atoms with E-state index in [1.165, 1.54) is 6.33 Å². The van der Waals surface area contributed by atoms with Gasteiger partial charge in [-0.25, -0.2) is 4.98 Å². The summed E-state index contributed by atoms with van der Waals surface area (Å²) in [4.78, 5) is 16.4. The van der Waals surface area contributed by atoms with Crippen LogP contribution in [-0.2, 0) is 0 Å². The number of nitrogens with zero attached hydrogens (tertiary/aromatic N) is 2. The minimum absolute atomic E-state index is 0.212. The summed E-state index contributed by atoms with van der Waals surface area (Å²) in [6, 6.07) is 7.14. The molecule has 0 aliphatic rings. The lowest BCUT2D eigenvalue weighted by molar-refractivity contribution is 0.0429. The van der Waals surface area contributed by atoms with Crippen molar-refractivity contribution < 1.29 is 9.90 Å². The highest BCUT2D eigenvalue weighted by molar-refractivity contribution is 5.95. The molecule has 124 valence electrons. The number of H-pyrrole nitrogens is 1. The van der Waals surface area contributed by atoms with Crippen molar-refractivity contribution in [3.8, 4) is 11.4 Å².